The maximum Gasteiger partial charge on any atom is 0.158 e. The molecule has 64 valence electrons. The van der Waals surface area contributed by atoms with E-state index in [0.717, 1.165) is 6.42 Å². The molecule has 2 unspecified atom stereocenters. The summed E-state index contributed by atoms with van der Waals surface area (Å²) in [5, 5.41) is 9.75. The van der Waals surface area contributed by atoms with Gasteiger partial charge in [-0.1, -0.05) is 0 Å². The van der Waals surface area contributed by atoms with E-state index < -0.39 is 6.10 Å². The molecule has 1 N–H and O–H groups in total. The Morgan fingerprint density at radius 2 is 2.55 bits per heavy atom. The van der Waals surface area contributed by atoms with Crippen LogP contribution < -0.4 is 0 Å². The largest absolute Gasteiger partial charge is 0.385 e. The van der Waals surface area contributed by atoms with Gasteiger partial charge in [0.05, 0.1) is 0 Å². The van der Waals surface area contributed by atoms with Gasteiger partial charge in [-0.05, 0) is 31.9 Å². The fourth-order valence-electron chi connectivity index (χ4n) is 1.25. The first kappa shape index (κ1) is 9.07. The number of aliphatic hydroxyl groups is 1. The molecule has 0 aromatic carbocycles. The van der Waals surface area contributed by atoms with E-state index in [0.29, 0.717) is 11.7 Å². The first-order chi connectivity index (χ1) is 5.20. The zero-order chi connectivity index (χ0) is 8.27. The lowest BCUT2D eigenvalue weighted by Gasteiger charge is -2.11. The van der Waals surface area contributed by atoms with Gasteiger partial charge in [0.25, 0.3) is 0 Å². The minimum absolute atomic E-state index is 0.0995. The van der Waals surface area contributed by atoms with Crippen molar-refractivity contribution in [2.45, 2.75) is 37.5 Å². The summed E-state index contributed by atoms with van der Waals surface area (Å²) in [5.74, 6) is 1.09. The molecule has 2 atom stereocenters. The number of ketones is 1. The van der Waals surface area contributed by atoms with Crippen LogP contribution in [-0.2, 0) is 4.79 Å². The average Bonchev–Trinajstić information content (AvgIpc) is 2.39. The molecule has 1 fully saturated rings. The number of Topliss-reactive ketones (excluding diaryl/α,β-unsaturated/α-hetero) is 1. The summed E-state index contributed by atoms with van der Waals surface area (Å²) >= 11 is 1.88. The van der Waals surface area contributed by atoms with Crippen molar-refractivity contribution in [3.63, 3.8) is 0 Å². The molecule has 1 heterocycles. The van der Waals surface area contributed by atoms with E-state index in [4.69, 9.17) is 0 Å². The van der Waals surface area contributed by atoms with Crippen LogP contribution in [-0.4, -0.2) is 28.0 Å². The highest BCUT2D eigenvalue weighted by Crippen LogP contribution is 2.29. The van der Waals surface area contributed by atoms with Crippen LogP contribution >= 0.6 is 11.8 Å². The number of hydrogen-bond acceptors (Lipinski definition) is 3. The van der Waals surface area contributed by atoms with Gasteiger partial charge in [-0.2, -0.15) is 11.8 Å². The highest BCUT2D eigenvalue weighted by atomic mass is 32.2. The minimum atomic E-state index is -0.717. The number of aliphatic hydroxyl groups excluding tert-OH is 1. The lowest BCUT2D eigenvalue weighted by Crippen LogP contribution is -2.21. The summed E-state index contributed by atoms with van der Waals surface area (Å²) in [5.41, 5.74) is 0. The third-order valence-corrected chi connectivity index (χ3v) is 3.40. The first-order valence-electron chi connectivity index (χ1n) is 4.00. The van der Waals surface area contributed by atoms with Crippen LogP contribution in [0.15, 0.2) is 0 Å². The number of thioether (sulfide) groups is 1. The highest BCUT2D eigenvalue weighted by Gasteiger charge is 2.21. The van der Waals surface area contributed by atoms with Crippen LogP contribution in [0.5, 0.6) is 0 Å². The Hall–Kier alpha value is -0.0200. The molecule has 0 aliphatic carbocycles. The molecule has 1 aliphatic heterocycles. The van der Waals surface area contributed by atoms with Crippen molar-refractivity contribution in [3.8, 4) is 0 Å². The number of carbonyl (C=O) groups excluding carboxylic acids is 1. The van der Waals surface area contributed by atoms with Gasteiger partial charge >= 0.3 is 0 Å². The summed E-state index contributed by atoms with van der Waals surface area (Å²) in [6, 6.07) is 0. The highest BCUT2D eigenvalue weighted by molar-refractivity contribution is 8.00. The molecular formula is C8H14O2S. The standard InChI is InChI=1S/C8H14O2S/c1-6(9)8(10)5-7-3-2-4-11-7/h7-8,10H,2-5H2,1H3. The third-order valence-electron chi connectivity index (χ3n) is 1.98. The van der Waals surface area contributed by atoms with Crippen LogP contribution in [0, 0.1) is 0 Å². The number of hydrogen-bond donors (Lipinski definition) is 1. The van der Waals surface area contributed by atoms with Crippen molar-refractivity contribution in [2.24, 2.45) is 0 Å². The Labute approximate surface area is 71.4 Å². The smallest absolute Gasteiger partial charge is 0.158 e. The quantitative estimate of drug-likeness (QED) is 0.699. The molecule has 0 saturated carbocycles. The molecule has 1 rings (SSSR count). The van der Waals surface area contributed by atoms with Crippen molar-refractivity contribution < 1.29 is 9.90 Å². The monoisotopic (exact) mass is 174 g/mol. The zero-order valence-electron chi connectivity index (χ0n) is 6.75. The van der Waals surface area contributed by atoms with Crippen molar-refractivity contribution in [1.29, 1.82) is 0 Å². The van der Waals surface area contributed by atoms with Crippen LogP contribution in [0.3, 0.4) is 0 Å². The average molecular weight is 174 g/mol. The molecule has 0 spiro atoms. The molecule has 11 heavy (non-hydrogen) atoms. The summed E-state index contributed by atoms with van der Waals surface area (Å²) in [6.07, 6.45) is 2.33. The predicted molar refractivity (Wildman–Crippen MR) is 46.8 cm³/mol. The topological polar surface area (TPSA) is 37.3 Å². The molecule has 0 aromatic heterocycles. The summed E-state index contributed by atoms with van der Waals surface area (Å²) < 4.78 is 0. The minimum Gasteiger partial charge on any atom is -0.385 e. The van der Waals surface area contributed by atoms with Gasteiger partial charge in [-0.3, -0.25) is 4.79 Å². The molecular weight excluding hydrogens is 160 g/mol. The Kier molecular flexibility index (Phi) is 3.40. The first-order valence-corrected chi connectivity index (χ1v) is 5.05. The Morgan fingerprint density at radius 1 is 1.82 bits per heavy atom. The van der Waals surface area contributed by atoms with Gasteiger partial charge < -0.3 is 5.11 Å². The maximum absolute atomic E-state index is 10.7. The summed E-state index contributed by atoms with van der Waals surface area (Å²) in [7, 11) is 0. The molecule has 0 bridgehead atoms. The maximum atomic E-state index is 10.7. The van der Waals surface area contributed by atoms with Crippen molar-refractivity contribution in [1.82, 2.24) is 0 Å². The van der Waals surface area contributed by atoms with Crippen LogP contribution in [0.4, 0.5) is 0 Å². The lowest BCUT2D eigenvalue weighted by atomic mass is 10.1. The molecule has 2 nitrogen and oxygen atoms in total. The van der Waals surface area contributed by atoms with Gasteiger partial charge in [-0.15, -0.1) is 0 Å². The Morgan fingerprint density at radius 3 is 3.00 bits per heavy atom. The van der Waals surface area contributed by atoms with E-state index >= 15 is 0 Å². The number of rotatable bonds is 3. The second kappa shape index (κ2) is 4.12. The van der Waals surface area contributed by atoms with Crippen LogP contribution in [0.1, 0.15) is 26.2 Å². The fourth-order valence-corrected chi connectivity index (χ4v) is 2.56. The van der Waals surface area contributed by atoms with Crippen LogP contribution in [0.2, 0.25) is 0 Å². The summed E-state index contributed by atoms with van der Waals surface area (Å²) in [6.45, 7) is 1.45. The van der Waals surface area contributed by atoms with E-state index in [9.17, 15) is 9.90 Å². The Balaban J connectivity index is 2.23. The zero-order valence-corrected chi connectivity index (χ0v) is 7.56. The Bertz CT molecular complexity index is 141. The molecule has 0 radical (unpaired) electrons. The van der Waals surface area contributed by atoms with E-state index in [1.54, 1.807) is 0 Å². The van der Waals surface area contributed by atoms with Gasteiger partial charge in [-0.25, -0.2) is 0 Å². The predicted octanol–water partition coefficient (Wildman–Crippen LogP) is 1.22. The van der Waals surface area contributed by atoms with Gasteiger partial charge in [0, 0.05) is 5.25 Å². The lowest BCUT2D eigenvalue weighted by molar-refractivity contribution is -0.125. The molecule has 3 heteroatoms. The van der Waals surface area contributed by atoms with Crippen molar-refractivity contribution >= 4 is 17.5 Å². The van der Waals surface area contributed by atoms with E-state index in [1.807, 2.05) is 11.8 Å². The van der Waals surface area contributed by atoms with Crippen LogP contribution in [0.25, 0.3) is 0 Å². The van der Waals surface area contributed by atoms with Gasteiger partial charge in [0.2, 0.25) is 0 Å². The van der Waals surface area contributed by atoms with Gasteiger partial charge in [0.15, 0.2) is 5.78 Å². The SMILES string of the molecule is CC(=O)C(O)CC1CCCS1. The molecule has 1 saturated heterocycles. The van der Waals surface area contributed by atoms with Gasteiger partial charge in [0.1, 0.15) is 6.10 Å². The van der Waals surface area contributed by atoms with E-state index in [1.165, 1.54) is 19.1 Å². The molecule has 0 aromatic rings. The fraction of sp³-hybridized carbons (Fsp3) is 0.875. The van der Waals surface area contributed by atoms with E-state index in [-0.39, 0.29) is 5.78 Å². The van der Waals surface area contributed by atoms with Crippen molar-refractivity contribution in [3.05, 3.63) is 0 Å². The third kappa shape index (κ3) is 2.83. The number of carbonyl (C=O) groups is 1. The van der Waals surface area contributed by atoms with Crippen molar-refractivity contribution in [2.75, 3.05) is 5.75 Å². The molecule has 0 amide bonds. The second-order valence-corrected chi connectivity index (χ2v) is 4.41. The molecule has 1 aliphatic rings. The summed E-state index contributed by atoms with van der Waals surface area (Å²) in [4.78, 5) is 10.7. The normalized spacial score (nSPS) is 26.9. The van der Waals surface area contributed by atoms with E-state index in [2.05, 4.69) is 0 Å². The second-order valence-electron chi connectivity index (χ2n) is 3.00.